The first-order valence-electron chi connectivity index (χ1n) is 7.30. The molecule has 1 aromatic heterocycles. The van der Waals surface area contributed by atoms with Gasteiger partial charge in [0.05, 0.1) is 0 Å². The Morgan fingerprint density at radius 1 is 1.33 bits per heavy atom. The van der Waals surface area contributed by atoms with E-state index in [0.717, 1.165) is 12.3 Å². The molecule has 1 aliphatic carbocycles. The molecule has 2 aliphatic rings. The molecule has 0 aromatic carbocycles. The van der Waals surface area contributed by atoms with Gasteiger partial charge in [0.15, 0.2) is 0 Å². The maximum absolute atomic E-state index is 6.22. The lowest BCUT2D eigenvalue weighted by Gasteiger charge is -2.37. The van der Waals surface area contributed by atoms with E-state index in [0.29, 0.717) is 6.04 Å². The summed E-state index contributed by atoms with van der Waals surface area (Å²) >= 11 is 0. The van der Waals surface area contributed by atoms with Crippen LogP contribution in [0.5, 0.6) is 0 Å². The number of nitrogens with two attached hydrogens (primary N) is 1. The number of nitrogens with zero attached hydrogens (tertiary/aromatic N) is 2. The maximum atomic E-state index is 6.22. The van der Waals surface area contributed by atoms with E-state index in [-0.39, 0.29) is 6.04 Å². The van der Waals surface area contributed by atoms with Crippen molar-refractivity contribution in [1.82, 2.24) is 9.47 Å². The molecule has 0 bridgehead atoms. The fourth-order valence-electron chi connectivity index (χ4n) is 3.82. The number of likely N-dealkylation sites (tertiary alicyclic amines) is 1. The van der Waals surface area contributed by atoms with Crippen LogP contribution in [0.25, 0.3) is 0 Å². The molecule has 0 amide bonds. The number of hydrogen-bond donors (Lipinski definition) is 1. The third-order valence-corrected chi connectivity index (χ3v) is 4.81. The first-order valence-corrected chi connectivity index (χ1v) is 7.30. The maximum Gasteiger partial charge on any atom is 0.0383 e. The zero-order valence-electron chi connectivity index (χ0n) is 11.6. The van der Waals surface area contributed by atoms with E-state index in [1.165, 1.54) is 43.6 Å². The molecule has 0 radical (unpaired) electrons. The van der Waals surface area contributed by atoms with E-state index in [4.69, 9.17) is 5.73 Å². The average molecular weight is 247 g/mol. The van der Waals surface area contributed by atoms with Crippen LogP contribution in [0.4, 0.5) is 0 Å². The summed E-state index contributed by atoms with van der Waals surface area (Å²) in [6.07, 6.45) is 7.19. The fourth-order valence-corrected chi connectivity index (χ4v) is 3.82. The Bertz CT molecular complexity index is 423. The lowest BCUT2D eigenvalue weighted by atomic mass is 9.91. The van der Waals surface area contributed by atoms with Gasteiger partial charge < -0.3 is 15.2 Å². The van der Waals surface area contributed by atoms with Crippen LogP contribution in [0.3, 0.4) is 0 Å². The van der Waals surface area contributed by atoms with Crippen LogP contribution < -0.4 is 5.73 Å². The standard InChI is InChI=1S/C15H25N3/c1-11-10-17(2)8-7-14(11)18-9-6-12-13(16)4-3-5-15(12)18/h6,9,11,13-14H,3-5,7-8,10,16H2,1-2H3. The summed E-state index contributed by atoms with van der Waals surface area (Å²) in [6, 6.07) is 3.22. The smallest absolute Gasteiger partial charge is 0.0383 e. The van der Waals surface area contributed by atoms with Crippen LogP contribution >= 0.6 is 0 Å². The van der Waals surface area contributed by atoms with Crippen molar-refractivity contribution in [3.8, 4) is 0 Å². The van der Waals surface area contributed by atoms with Crippen LogP contribution in [-0.4, -0.2) is 29.6 Å². The highest BCUT2D eigenvalue weighted by molar-refractivity contribution is 5.29. The molecule has 3 rings (SSSR count). The number of piperidine rings is 1. The van der Waals surface area contributed by atoms with Gasteiger partial charge in [-0.05, 0) is 56.8 Å². The SMILES string of the molecule is CC1CN(C)CCC1n1ccc2c1CCCC2N. The van der Waals surface area contributed by atoms with Crippen molar-refractivity contribution in [1.29, 1.82) is 0 Å². The van der Waals surface area contributed by atoms with Crippen LogP contribution in [0.2, 0.25) is 0 Å². The van der Waals surface area contributed by atoms with Gasteiger partial charge in [-0.3, -0.25) is 0 Å². The predicted molar refractivity (Wildman–Crippen MR) is 74.6 cm³/mol. The van der Waals surface area contributed by atoms with Gasteiger partial charge in [0.2, 0.25) is 0 Å². The van der Waals surface area contributed by atoms with Gasteiger partial charge in [0.25, 0.3) is 0 Å². The molecule has 3 atom stereocenters. The summed E-state index contributed by atoms with van der Waals surface area (Å²) in [5.74, 6) is 0.735. The topological polar surface area (TPSA) is 34.2 Å². The Hall–Kier alpha value is -0.800. The van der Waals surface area contributed by atoms with Crippen molar-refractivity contribution in [2.75, 3.05) is 20.1 Å². The number of aromatic nitrogens is 1. The summed E-state index contributed by atoms with van der Waals surface area (Å²) in [5.41, 5.74) is 9.16. The summed E-state index contributed by atoms with van der Waals surface area (Å²) < 4.78 is 2.55. The van der Waals surface area contributed by atoms with Crippen LogP contribution in [0.1, 0.15) is 49.5 Å². The first-order chi connectivity index (χ1) is 8.66. The molecular weight excluding hydrogens is 222 g/mol. The van der Waals surface area contributed by atoms with Crippen LogP contribution in [0, 0.1) is 5.92 Å². The zero-order chi connectivity index (χ0) is 12.7. The van der Waals surface area contributed by atoms with Crippen molar-refractivity contribution in [3.63, 3.8) is 0 Å². The van der Waals surface area contributed by atoms with Gasteiger partial charge >= 0.3 is 0 Å². The van der Waals surface area contributed by atoms with E-state index < -0.39 is 0 Å². The molecule has 2 heterocycles. The molecule has 0 spiro atoms. The van der Waals surface area contributed by atoms with Crippen molar-refractivity contribution < 1.29 is 0 Å². The second kappa shape index (κ2) is 4.71. The van der Waals surface area contributed by atoms with E-state index in [1.807, 2.05) is 0 Å². The molecule has 0 saturated carbocycles. The minimum absolute atomic E-state index is 0.275. The Kier molecular flexibility index (Phi) is 3.20. The average Bonchev–Trinajstić information content (AvgIpc) is 2.74. The van der Waals surface area contributed by atoms with Crippen molar-refractivity contribution in [2.24, 2.45) is 11.7 Å². The van der Waals surface area contributed by atoms with E-state index >= 15 is 0 Å². The molecule has 2 N–H and O–H groups in total. The second-order valence-corrected chi connectivity index (χ2v) is 6.22. The number of fused-ring (bicyclic) bond motifs is 1. The lowest BCUT2D eigenvalue weighted by Crippen LogP contribution is -2.38. The molecule has 1 aliphatic heterocycles. The number of rotatable bonds is 1. The normalized spacial score (nSPS) is 33.4. The molecule has 1 aromatic rings. The van der Waals surface area contributed by atoms with E-state index in [9.17, 15) is 0 Å². The molecule has 3 nitrogen and oxygen atoms in total. The van der Waals surface area contributed by atoms with Crippen molar-refractivity contribution in [3.05, 3.63) is 23.5 Å². The molecule has 100 valence electrons. The molecule has 18 heavy (non-hydrogen) atoms. The third-order valence-electron chi connectivity index (χ3n) is 4.81. The summed E-state index contributed by atoms with van der Waals surface area (Å²) in [6.45, 7) is 4.81. The summed E-state index contributed by atoms with van der Waals surface area (Å²) in [5, 5.41) is 0. The number of hydrogen-bond acceptors (Lipinski definition) is 2. The van der Waals surface area contributed by atoms with Gasteiger partial charge in [-0.25, -0.2) is 0 Å². The molecule has 3 heteroatoms. The zero-order valence-corrected chi connectivity index (χ0v) is 11.6. The van der Waals surface area contributed by atoms with Crippen LogP contribution in [0.15, 0.2) is 12.3 Å². The summed E-state index contributed by atoms with van der Waals surface area (Å²) in [4.78, 5) is 2.45. The highest BCUT2D eigenvalue weighted by Crippen LogP contribution is 2.35. The predicted octanol–water partition coefficient (Wildman–Crippen LogP) is 2.34. The first kappa shape index (κ1) is 12.2. The fraction of sp³-hybridized carbons (Fsp3) is 0.733. The molecular formula is C15H25N3. The van der Waals surface area contributed by atoms with Crippen molar-refractivity contribution >= 4 is 0 Å². The van der Waals surface area contributed by atoms with Gasteiger partial charge in [-0.1, -0.05) is 6.92 Å². The minimum Gasteiger partial charge on any atom is -0.348 e. The minimum atomic E-state index is 0.275. The van der Waals surface area contributed by atoms with E-state index in [1.54, 1.807) is 0 Å². The molecule has 1 saturated heterocycles. The van der Waals surface area contributed by atoms with Gasteiger partial charge in [-0.2, -0.15) is 0 Å². The molecule has 3 unspecified atom stereocenters. The Morgan fingerprint density at radius 2 is 2.17 bits per heavy atom. The van der Waals surface area contributed by atoms with Gasteiger partial charge in [0, 0.05) is 30.5 Å². The van der Waals surface area contributed by atoms with Crippen molar-refractivity contribution in [2.45, 2.75) is 44.7 Å². The lowest BCUT2D eigenvalue weighted by molar-refractivity contribution is 0.156. The van der Waals surface area contributed by atoms with Gasteiger partial charge in [-0.15, -0.1) is 0 Å². The summed E-state index contributed by atoms with van der Waals surface area (Å²) in [7, 11) is 2.23. The highest BCUT2D eigenvalue weighted by Gasteiger charge is 2.29. The third kappa shape index (κ3) is 1.99. The van der Waals surface area contributed by atoms with E-state index in [2.05, 4.69) is 35.7 Å². The highest BCUT2D eigenvalue weighted by atomic mass is 15.1. The Morgan fingerprint density at radius 3 is 2.94 bits per heavy atom. The quantitative estimate of drug-likeness (QED) is 0.826. The monoisotopic (exact) mass is 247 g/mol. The Balaban J connectivity index is 1.88. The molecule has 1 fully saturated rings. The Labute approximate surface area is 110 Å². The van der Waals surface area contributed by atoms with Crippen LogP contribution in [-0.2, 0) is 6.42 Å². The second-order valence-electron chi connectivity index (χ2n) is 6.22. The van der Waals surface area contributed by atoms with Gasteiger partial charge in [0.1, 0.15) is 0 Å². The largest absolute Gasteiger partial charge is 0.348 e.